The lowest BCUT2D eigenvalue weighted by Gasteiger charge is -2.30. The van der Waals surface area contributed by atoms with Gasteiger partial charge in [-0.2, -0.15) is 10.4 Å². The van der Waals surface area contributed by atoms with Crippen LogP contribution >= 0.6 is 0 Å². The highest BCUT2D eigenvalue weighted by Gasteiger charge is 2.19. The quantitative estimate of drug-likeness (QED) is 0.680. The molecule has 1 aliphatic heterocycles. The molecule has 2 aromatic heterocycles. The smallest absolute Gasteiger partial charge is 0.274 e. The Morgan fingerprint density at radius 2 is 1.97 bits per heavy atom. The Bertz CT molecular complexity index is 1300. The molecule has 0 saturated carbocycles. The number of fused-ring (bicyclic) bond motifs is 1. The number of anilines is 1. The summed E-state index contributed by atoms with van der Waals surface area (Å²) in [5.41, 5.74) is 1.87. The average Bonchev–Trinajstić information content (AvgIpc) is 2.77. The van der Waals surface area contributed by atoms with Gasteiger partial charge in [-0.3, -0.25) is 9.59 Å². The number of hydrogen-bond donors (Lipinski definition) is 1. The third-order valence-corrected chi connectivity index (χ3v) is 5.67. The van der Waals surface area contributed by atoms with Crippen molar-refractivity contribution >= 4 is 16.6 Å². The number of nitrogens with zero attached hydrogens (tertiary/aromatic N) is 5. The molecule has 1 N–H and O–H groups in total. The van der Waals surface area contributed by atoms with Gasteiger partial charge in [-0.25, -0.2) is 9.36 Å². The van der Waals surface area contributed by atoms with E-state index in [0.29, 0.717) is 48.5 Å². The molecule has 3 aromatic rings. The van der Waals surface area contributed by atoms with Crippen molar-refractivity contribution in [3.63, 3.8) is 0 Å². The predicted molar refractivity (Wildman–Crippen MR) is 118 cm³/mol. The van der Waals surface area contributed by atoms with Crippen LogP contribution in [0.3, 0.4) is 0 Å². The van der Waals surface area contributed by atoms with Crippen LogP contribution in [-0.2, 0) is 11.8 Å². The van der Waals surface area contributed by atoms with E-state index in [1.807, 2.05) is 31.0 Å². The molecule has 31 heavy (non-hydrogen) atoms. The second kappa shape index (κ2) is 8.24. The Labute approximate surface area is 179 Å². The number of rotatable bonds is 4. The molecule has 0 aliphatic carbocycles. The fourth-order valence-corrected chi connectivity index (χ4v) is 3.94. The topological polar surface area (TPSA) is 105 Å². The molecule has 0 spiro atoms. The van der Waals surface area contributed by atoms with Gasteiger partial charge in [0.15, 0.2) is 5.82 Å². The zero-order valence-corrected chi connectivity index (χ0v) is 17.8. The van der Waals surface area contributed by atoms with Gasteiger partial charge in [0.1, 0.15) is 0 Å². The lowest BCUT2D eigenvalue weighted by molar-refractivity contribution is 0.111. The number of aryl methyl sites for hydroxylation is 1. The second-order valence-corrected chi connectivity index (χ2v) is 7.62. The number of benzene rings is 1. The SMILES string of the molecule is Cc1c(C#N)cccc1[C@@H](C)Nc1nn(C)c(=O)c2cc(=O)n(N3CCOCC3)cc12. The fourth-order valence-electron chi connectivity index (χ4n) is 3.94. The monoisotopic (exact) mass is 420 g/mol. The molecular formula is C22H24N6O3. The average molecular weight is 420 g/mol. The molecule has 4 rings (SSSR count). The molecule has 0 bridgehead atoms. The summed E-state index contributed by atoms with van der Waals surface area (Å²) in [4.78, 5) is 25.4. The maximum atomic E-state index is 12.7. The number of pyridine rings is 1. The summed E-state index contributed by atoms with van der Waals surface area (Å²) in [6.45, 7) is 6.13. The van der Waals surface area contributed by atoms with E-state index in [1.165, 1.54) is 15.4 Å². The summed E-state index contributed by atoms with van der Waals surface area (Å²) >= 11 is 0. The lowest BCUT2D eigenvalue weighted by atomic mass is 9.98. The maximum absolute atomic E-state index is 12.7. The highest BCUT2D eigenvalue weighted by molar-refractivity contribution is 5.90. The molecule has 1 atom stereocenters. The van der Waals surface area contributed by atoms with Crippen LogP contribution in [-0.4, -0.2) is 40.8 Å². The first-order chi connectivity index (χ1) is 14.9. The normalized spacial score (nSPS) is 15.0. The molecule has 1 saturated heterocycles. The summed E-state index contributed by atoms with van der Waals surface area (Å²) < 4.78 is 8.14. The first-order valence-electron chi connectivity index (χ1n) is 10.1. The lowest BCUT2D eigenvalue weighted by Crippen LogP contribution is -2.48. The molecule has 160 valence electrons. The van der Waals surface area contributed by atoms with Crippen molar-refractivity contribution in [2.24, 2.45) is 7.05 Å². The molecule has 9 nitrogen and oxygen atoms in total. The van der Waals surface area contributed by atoms with E-state index in [1.54, 1.807) is 19.3 Å². The third kappa shape index (κ3) is 3.78. The Morgan fingerprint density at radius 3 is 2.68 bits per heavy atom. The van der Waals surface area contributed by atoms with Crippen molar-refractivity contribution in [3.8, 4) is 6.07 Å². The summed E-state index contributed by atoms with van der Waals surface area (Å²) in [6, 6.07) is 8.99. The van der Waals surface area contributed by atoms with Gasteiger partial charge >= 0.3 is 0 Å². The van der Waals surface area contributed by atoms with Gasteiger partial charge in [-0.05, 0) is 31.0 Å². The van der Waals surface area contributed by atoms with Gasteiger partial charge < -0.3 is 15.1 Å². The second-order valence-electron chi connectivity index (χ2n) is 7.62. The van der Waals surface area contributed by atoms with Gasteiger partial charge in [0, 0.05) is 19.3 Å². The van der Waals surface area contributed by atoms with Crippen molar-refractivity contribution in [3.05, 3.63) is 67.9 Å². The van der Waals surface area contributed by atoms with Crippen LogP contribution in [0.2, 0.25) is 0 Å². The van der Waals surface area contributed by atoms with E-state index in [-0.39, 0.29) is 17.2 Å². The Hall–Kier alpha value is -3.64. The summed E-state index contributed by atoms with van der Waals surface area (Å²) in [7, 11) is 1.56. The van der Waals surface area contributed by atoms with Crippen LogP contribution in [0.15, 0.2) is 40.1 Å². The minimum atomic E-state index is -0.331. The Kier molecular flexibility index (Phi) is 5.48. The highest BCUT2D eigenvalue weighted by atomic mass is 16.5. The molecule has 9 heteroatoms. The summed E-state index contributed by atoms with van der Waals surface area (Å²) in [5, 5.41) is 19.9. The number of nitrogens with one attached hydrogen (secondary N) is 1. The first kappa shape index (κ1) is 20.6. The van der Waals surface area contributed by atoms with Crippen LogP contribution in [0.5, 0.6) is 0 Å². The van der Waals surface area contributed by atoms with Crippen molar-refractivity contribution in [2.75, 3.05) is 36.6 Å². The van der Waals surface area contributed by atoms with Crippen LogP contribution in [0.4, 0.5) is 5.82 Å². The molecule has 0 radical (unpaired) electrons. The van der Waals surface area contributed by atoms with E-state index >= 15 is 0 Å². The Balaban J connectivity index is 1.82. The summed E-state index contributed by atoms with van der Waals surface area (Å²) in [5.74, 6) is 0.494. The fraction of sp³-hybridized carbons (Fsp3) is 0.364. The van der Waals surface area contributed by atoms with E-state index in [2.05, 4.69) is 16.5 Å². The zero-order valence-electron chi connectivity index (χ0n) is 17.8. The van der Waals surface area contributed by atoms with Crippen LogP contribution in [0.1, 0.15) is 29.7 Å². The summed E-state index contributed by atoms with van der Waals surface area (Å²) in [6.07, 6.45) is 1.67. The number of nitriles is 1. The number of ether oxygens (including phenoxy) is 1. The van der Waals surface area contributed by atoms with E-state index in [4.69, 9.17) is 4.74 Å². The molecule has 1 fully saturated rings. The minimum absolute atomic E-state index is 0.176. The van der Waals surface area contributed by atoms with Crippen LogP contribution in [0.25, 0.3) is 10.8 Å². The molecule has 3 heterocycles. The van der Waals surface area contributed by atoms with Crippen LogP contribution in [0, 0.1) is 18.3 Å². The zero-order chi connectivity index (χ0) is 22.1. The van der Waals surface area contributed by atoms with Gasteiger partial charge in [0.05, 0.1) is 54.8 Å². The van der Waals surface area contributed by atoms with Crippen molar-refractivity contribution in [1.82, 2.24) is 14.5 Å². The molecule has 1 aromatic carbocycles. The number of aromatic nitrogens is 3. The molecule has 0 unspecified atom stereocenters. The van der Waals surface area contributed by atoms with E-state index in [0.717, 1.165) is 11.1 Å². The predicted octanol–water partition coefficient (Wildman–Crippen LogP) is 1.42. The van der Waals surface area contributed by atoms with E-state index < -0.39 is 0 Å². The van der Waals surface area contributed by atoms with Gasteiger partial charge in [-0.15, -0.1) is 0 Å². The van der Waals surface area contributed by atoms with Crippen molar-refractivity contribution in [1.29, 1.82) is 5.26 Å². The number of morpholine rings is 1. The third-order valence-electron chi connectivity index (χ3n) is 5.67. The van der Waals surface area contributed by atoms with Gasteiger partial charge in [-0.1, -0.05) is 12.1 Å². The van der Waals surface area contributed by atoms with Crippen LogP contribution < -0.4 is 21.4 Å². The Morgan fingerprint density at radius 1 is 1.23 bits per heavy atom. The van der Waals surface area contributed by atoms with Crippen molar-refractivity contribution in [2.45, 2.75) is 19.9 Å². The van der Waals surface area contributed by atoms with E-state index in [9.17, 15) is 14.9 Å². The van der Waals surface area contributed by atoms with Gasteiger partial charge in [0.25, 0.3) is 11.1 Å². The minimum Gasteiger partial charge on any atom is -0.378 e. The standard InChI is InChI=1S/C22H24N6O3/c1-14-16(12-23)5-4-6-17(14)15(2)24-21-19-13-28(27-7-9-31-10-8-27)20(29)11-18(19)22(30)26(3)25-21/h4-6,11,13,15H,7-10H2,1-3H3,(H,24,25)/t15-/m1/s1. The molecule has 0 amide bonds. The number of hydrogen-bond acceptors (Lipinski definition) is 7. The molecule has 1 aliphatic rings. The van der Waals surface area contributed by atoms with Gasteiger partial charge in [0.2, 0.25) is 0 Å². The van der Waals surface area contributed by atoms with Crippen molar-refractivity contribution < 1.29 is 4.74 Å². The maximum Gasteiger partial charge on any atom is 0.274 e. The first-order valence-corrected chi connectivity index (χ1v) is 10.1. The largest absolute Gasteiger partial charge is 0.378 e. The molecular weight excluding hydrogens is 396 g/mol. The highest BCUT2D eigenvalue weighted by Crippen LogP contribution is 2.26.